The molecule has 0 spiro atoms. The van der Waals surface area contributed by atoms with E-state index in [1.165, 1.54) is 29.7 Å². The number of hydrogen-bond acceptors (Lipinski definition) is 9. The molecule has 2 atom stereocenters. The van der Waals surface area contributed by atoms with E-state index in [0.717, 1.165) is 21.0 Å². The molecular formula is C23H27N5O4S2. The van der Waals surface area contributed by atoms with Gasteiger partial charge in [-0.2, -0.15) is 0 Å². The molecular weight excluding hydrogens is 474 g/mol. The van der Waals surface area contributed by atoms with Crippen LogP contribution in [0.5, 0.6) is 5.75 Å². The first-order valence-corrected chi connectivity index (χ1v) is 12.2. The molecule has 1 unspecified atom stereocenters. The van der Waals surface area contributed by atoms with Crippen molar-refractivity contribution in [2.45, 2.75) is 16.7 Å². The Labute approximate surface area is 205 Å². The third-order valence-corrected chi connectivity index (χ3v) is 7.74. The van der Waals surface area contributed by atoms with Crippen molar-refractivity contribution in [1.29, 1.82) is 0 Å². The van der Waals surface area contributed by atoms with E-state index in [2.05, 4.69) is 0 Å². The SMILES string of the molecule is CN(C/C(N)=C/N(N)[C@@H](Cc1ccc(O)cc1)C(=O)NO)[S+]([O-])c1ccc(-c2ccccc2)s1. The van der Waals surface area contributed by atoms with Crippen molar-refractivity contribution < 1.29 is 19.7 Å². The highest BCUT2D eigenvalue weighted by molar-refractivity contribution is 7.91. The molecule has 1 amide bonds. The summed E-state index contributed by atoms with van der Waals surface area (Å²) < 4.78 is 15.2. The van der Waals surface area contributed by atoms with Gasteiger partial charge in [-0.05, 0) is 29.3 Å². The predicted molar refractivity (Wildman–Crippen MR) is 133 cm³/mol. The van der Waals surface area contributed by atoms with Gasteiger partial charge < -0.3 is 20.4 Å². The fourth-order valence-corrected chi connectivity index (χ4v) is 5.66. The van der Waals surface area contributed by atoms with Crippen LogP contribution in [0, 0.1) is 0 Å². The number of benzene rings is 2. The van der Waals surface area contributed by atoms with Crippen LogP contribution in [0.2, 0.25) is 0 Å². The third-order valence-electron chi connectivity index (χ3n) is 4.95. The Balaban J connectivity index is 1.66. The summed E-state index contributed by atoms with van der Waals surface area (Å²) in [4.78, 5) is 13.2. The number of aromatic hydroxyl groups is 1. The first-order chi connectivity index (χ1) is 16.3. The molecule has 34 heavy (non-hydrogen) atoms. The molecule has 0 bridgehead atoms. The number of rotatable bonds is 10. The van der Waals surface area contributed by atoms with Crippen molar-refractivity contribution in [1.82, 2.24) is 14.8 Å². The molecule has 9 nitrogen and oxygen atoms in total. The van der Waals surface area contributed by atoms with E-state index in [-0.39, 0.29) is 24.4 Å². The molecule has 1 aromatic heterocycles. The van der Waals surface area contributed by atoms with Gasteiger partial charge in [0.25, 0.3) is 5.91 Å². The minimum absolute atomic E-state index is 0.0957. The van der Waals surface area contributed by atoms with Crippen molar-refractivity contribution >= 4 is 28.6 Å². The Bertz CT molecular complexity index is 1110. The maximum Gasteiger partial charge on any atom is 0.267 e. The number of thiophene rings is 1. The molecule has 0 radical (unpaired) electrons. The lowest BCUT2D eigenvalue weighted by Crippen LogP contribution is -2.49. The minimum Gasteiger partial charge on any atom is -0.592 e. The molecule has 0 saturated heterocycles. The van der Waals surface area contributed by atoms with Gasteiger partial charge in [0, 0.05) is 36.3 Å². The number of nitrogens with zero attached hydrogens (tertiary/aromatic N) is 2. The Morgan fingerprint density at radius 1 is 1.18 bits per heavy atom. The summed E-state index contributed by atoms with van der Waals surface area (Å²) in [5, 5.41) is 19.7. The van der Waals surface area contributed by atoms with E-state index in [9.17, 15) is 14.5 Å². The van der Waals surface area contributed by atoms with Crippen LogP contribution in [-0.4, -0.2) is 49.7 Å². The molecule has 0 aliphatic carbocycles. The smallest absolute Gasteiger partial charge is 0.267 e. The molecule has 7 N–H and O–H groups in total. The van der Waals surface area contributed by atoms with E-state index >= 15 is 0 Å². The molecule has 180 valence electrons. The Morgan fingerprint density at radius 2 is 1.85 bits per heavy atom. The van der Waals surface area contributed by atoms with Gasteiger partial charge in [0.1, 0.15) is 11.8 Å². The van der Waals surface area contributed by atoms with Crippen LogP contribution in [-0.2, 0) is 22.6 Å². The number of hydrogen-bond donors (Lipinski definition) is 5. The van der Waals surface area contributed by atoms with Gasteiger partial charge >= 0.3 is 0 Å². The van der Waals surface area contributed by atoms with E-state index in [4.69, 9.17) is 16.8 Å². The van der Waals surface area contributed by atoms with Crippen molar-refractivity contribution in [3.63, 3.8) is 0 Å². The number of nitrogens with one attached hydrogen (secondary N) is 1. The maximum atomic E-state index is 13.0. The van der Waals surface area contributed by atoms with Gasteiger partial charge in [-0.3, -0.25) is 10.0 Å². The summed E-state index contributed by atoms with van der Waals surface area (Å²) in [6.07, 6.45) is 1.53. The number of hydroxylamine groups is 1. The zero-order valence-electron chi connectivity index (χ0n) is 18.5. The number of likely N-dealkylation sites (N-methyl/N-ethyl adjacent to an activating group) is 1. The number of carbonyl (C=O) groups is 1. The summed E-state index contributed by atoms with van der Waals surface area (Å²) in [5.74, 6) is 5.44. The standard InChI is InChI=1S/C23H27N5O4S2/c1-27(34(32)22-12-11-21(33-22)17-5-3-2-4-6-17)14-18(24)15-28(25)20(23(30)26-31)13-16-7-9-19(29)10-8-16/h2-12,15,20,29,31H,13-14,24-25H2,1H3,(H,26,30)/b18-15-/t20-,34?/m0/s1. The predicted octanol–water partition coefficient (Wildman–Crippen LogP) is 2.17. The molecule has 2 aromatic carbocycles. The number of hydrazine groups is 1. The third kappa shape index (κ3) is 6.73. The quantitative estimate of drug-likeness (QED) is 0.123. The lowest BCUT2D eigenvalue weighted by atomic mass is 10.0. The molecule has 0 saturated carbocycles. The number of nitrogens with two attached hydrogens (primary N) is 2. The summed E-state index contributed by atoms with van der Waals surface area (Å²) in [5.41, 5.74) is 9.78. The Hall–Kier alpha value is -3.06. The molecule has 0 aliphatic heterocycles. The summed E-state index contributed by atoms with van der Waals surface area (Å²) in [7, 11) is 1.67. The molecule has 11 heteroatoms. The summed E-state index contributed by atoms with van der Waals surface area (Å²) >= 11 is -0.000950. The second-order valence-electron chi connectivity index (χ2n) is 7.53. The second kappa shape index (κ2) is 11.9. The van der Waals surface area contributed by atoms with Crippen LogP contribution in [0.1, 0.15) is 5.56 Å². The molecule has 0 fully saturated rings. The highest BCUT2D eigenvalue weighted by Gasteiger charge is 2.25. The van der Waals surface area contributed by atoms with Crippen molar-refractivity contribution in [2.24, 2.45) is 11.6 Å². The lowest BCUT2D eigenvalue weighted by Gasteiger charge is -2.26. The van der Waals surface area contributed by atoms with Crippen LogP contribution in [0.3, 0.4) is 0 Å². The molecule has 3 aromatic rings. The number of amides is 1. The van der Waals surface area contributed by atoms with Gasteiger partial charge in [-0.15, -0.1) is 4.31 Å². The average Bonchev–Trinajstić information content (AvgIpc) is 3.33. The highest BCUT2D eigenvalue weighted by Crippen LogP contribution is 2.31. The van der Waals surface area contributed by atoms with E-state index in [0.29, 0.717) is 4.21 Å². The summed E-state index contributed by atoms with van der Waals surface area (Å²) in [6.45, 7) is 0.131. The first kappa shape index (κ1) is 25.6. The monoisotopic (exact) mass is 501 g/mol. The fourth-order valence-electron chi connectivity index (χ4n) is 3.23. The Kier molecular flexibility index (Phi) is 8.93. The van der Waals surface area contributed by atoms with Crippen LogP contribution in [0.4, 0.5) is 0 Å². The lowest BCUT2D eigenvalue weighted by molar-refractivity contribution is -0.134. The van der Waals surface area contributed by atoms with E-state index < -0.39 is 23.3 Å². The molecule has 0 aliphatic rings. The van der Waals surface area contributed by atoms with Gasteiger partial charge in [0.05, 0.1) is 17.9 Å². The zero-order chi connectivity index (χ0) is 24.7. The van der Waals surface area contributed by atoms with E-state index in [1.54, 1.807) is 29.0 Å². The number of phenols is 1. The highest BCUT2D eigenvalue weighted by atomic mass is 32.2. The zero-order valence-corrected chi connectivity index (χ0v) is 20.1. The van der Waals surface area contributed by atoms with Crippen LogP contribution in [0.15, 0.2) is 82.8 Å². The normalized spacial score (nSPS) is 13.5. The van der Waals surface area contributed by atoms with Crippen molar-refractivity contribution in [3.05, 3.63) is 84.2 Å². The fraction of sp³-hybridized carbons (Fsp3) is 0.174. The molecule has 3 rings (SSSR count). The maximum absolute atomic E-state index is 13.0. The topological polar surface area (TPSA) is 151 Å². The molecule has 1 heterocycles. The van der Waals surface area contributed by atoms with Gasteiger partial charge in [-0.1, -0.05) is 53.8 Å². The second-order valence-corrected chi connectivity index (χ2v) is 10.4. The van der Waals surface area contributed by atoms with Gasteiger partial charge in [-0.25, -0.2) is 11.3 Å². The van der Waals surface area contributed by atoms with Crippen molar-refractivity contribution in [2.75, 3.05) is 13.6 Å². The summed E-state index contributed by atoms with van der Waals surface area (Å²) in [6, 6.07) is 18.9. The van der Waals surface area contributed by atoms with Crippen molar-refractivity contribution in [3.8, 4) is 16.2 Å². The van der Waals surface area contributed by atoms with Gasteiger partial charge in [0.15, 0.2) is 0 Å². The number of carbonyl (C=O) groups excluding carboxylic acids is 1. The Morgan fingerprint density at radius 3 is 2.50 bits per heavy atom. The largest absolute Gasteiger partial charge is 0.592 e. The average molecular weight is 502 g/mol. The van der Waals surface area contributed by atoms with Crippen LogP contribution < -0.4 is 17.1 Å². The minimum atomic E-state index is -1.44. The van der Waals surface area contributed by atoms with Crippen LogP contribution in [0.25, 0.3) is 10.4 Å². The van der Waals surface area contributed by atoms with Gasteiger partial charge in [0.2, 0.25) is 4.21 Å². The van der Waals surface area contributed by atoms with E-state index in [1.807, 2.05) is 42.5 Å². The first-order valence-electron chi connectivity index (χ1n) is 10.3. The van der Waals surface area contributed by atoms with Crippen LogP contribution >= 0.6 is 11.3 Å². The number of phenolic OH excluding ortho intramolecular Hbond substituents is 1.